The van der Waals surface area contributed by atoms with Gasteiger partial charge in [-0.2, -0.15) is 0 Å². The van der Waals surface area contributed by atoms with Crippen molar-refractivity contribution in [2.24, 2.45) is 0 Å². The van der Waals surface area contributed by atoms with E-state index in [0.717, 1.165) is 5.56 Å². The molecule has 1 aromatic carbocycles. The Morgan fingerprint density at radius 2 is 2.04 bits per heavy atom. The highest BCUT2D eigenvalue weighted by atomic mass is 16.6. The van der Waals surface area contributed by atoms with Gasteiger partial charge in [-0.25, -0.2) is 9.78 Å². The highest BCUT2D eigenvalue weighted by molar-refractivity contribution is 5.67. The number of carbonyl (C=O) groups is 1. The molecule has 1 aromatic heterocycles. The van der Waals surface area contributed by atoms with Gasteiger partial charge in [0.25, 0.3) is 5.69 Å². The zero-order valence-corrected chi connectivity index (χ0v) is 12.2. The van der Waals surface area contributed by atoms with Gasteiger partial charge in [-0.05, 0) is 17.7 Å². The number of hydrogen-bond acceptors (Lipinski definition) is 5. The molecular weight excluding hydrogens is 298 g/mol. The summed E-state index contributed by atoms with van der Waals surface area (Å²) >= 11 is 0. The van der Waals surface area contributed by atoms with Crippen LogP contribution in [0.25, 0.3) is 6.08 Å². The molecule has 1 heterocycles. The van der Waals surface area contributed by atoms with Crippen molar-refractivity contribution in [2.75, 3.05) is 6.54 Å². The second-order valence-corrected chi connectivity index (χ2v) is 4.54. The monoisotopic (exact) mass is 313 g/mol. The average Bonchev–Trinajstić information content (AvgIpc) is 2.58. The first kappa shape index (κ1) is 16.2. The first-order valence-corrected chi connectivity index (χ1v) is 6.86. The van der Waals surface area contributed by atoms with Crippen molar-refractivity contribution in [1.82, 2.24) is 10.3 Å². The minimum atomic E-state index is -0.518. The van der Waals surface area contributed by atoms with Crippen LogP contribution in [0.15, 0.2) is 54.7 Å². The summed E-state index contributed by atoms with van der Waals surface area (Å²) in [6, 6.07) is 12.3. The molecule has 0 aliphatic rings. The van der Waals surface area contributed by atoms with Crippen LogP contribution in [0.1, 0.15) is 11.3 Å². The Bertz CT molecular complexity index is 684. The number of nitrogens with zero attached hydrogens (tertiary/aromatic N) is 2. The maximum Gasteiger partial charge on any atom is 0.407 e. The molecular formula is C16H15N3O4. The van der Waals surface area contributed by atoms with E-state index < -0.39 is 11.0 Å². The summed E-state index contributed by atoms with van der Waals surface area (Å²) < 4.78 is 5.05. The number of benzene rings is 1. The Morgan fingerprint density at radius 1 is 1.26 bits per heavy atom. The minimum Gasteiger partial charge on any atom is -0.445 e. The van der Waals surface area contributed by atoms with Crippen LogP contribution in [0, 0.1) is 10.1 Å². The molecule has 0 fully saturated rings. The number of ether oxygens (including phenoxy) is 1. The summed E-state index contributed by atoms with van der Waals surface area (Å²) in [5.41, 5.74) is 1.41. The van der Waals surface area contributed by atoms with Gasteiger partial charge in [-0.1, -0.05) is 36.4 Å². The largest absolute Gasteiger partial charge is 0.445 e. The number of aromatic nitrogens is 1. The Labute approximate surface area is 132 Å². The number of amides is 1. The Balaban J connectivity index is 1.71. The van der Waals surface area contributed by atoms with Gasteiger partial charge >= 0.3 is 6.09 Å². The number of hydrogen-bond donors (Lipinski definition) is 1. The van der Waals surface area contributed by atoms with Crippen LogP contribution in [-0.4, -0.2) is 22.5 Å². The standard InChI is InChI=1S/C16H15N3O4/c20-16(23-12-13-5-2-1-3-6-13)17-10-4-7-14-8-9-15(11-18-14)19(21)22/h1-9,11H,10,12H2,(H,17,20). The van der Waals surface area contributed by atoms with Crippen LogP contribution in [0.2, 0.25) is 0 Å². The molecule has 0 atom stereocenters. The number of rotatable bonds is 6. The highest BCUT2D eigenvalue weighted by Crippen LogP contribution is 2.09. The van der Waals surface area contributed by atoms with Gasteiger partial charge in [0.15, 0.2) is 0 Å². The molecule has 1 amide bonds. The molecule has 7 nitrogen and oxygen atoms in total. The van der Waals surface area contributed by atoms with Gasteiger partial charge < -0.3 is 10.1 Å². The number of alkyl carbamates (subject to hydrolysis) is 1. The van der Waals surface area contributed by atoms with Crippen LogP contribution >= 0.6 is 0 Å². The number of carbonyl (C=O) groups excluding carboxylic acids is 1. The molecule has 118 valence electrons. The number of pyridine rings is 1. The van der Waals surface area contributed by atoms with Gasteiger partial charge in [0.2, 0.25) is 0 Å². The molecule has 1 N–H and O–H groups in total. The molecule has 0 saturated carbocycles. The predicted molar refractivity (Wildman–Crippen MR) is 84.6 cm³/mol. The molecule has 2 rings (SSSR count). The number of nitro groups is 1. The third kappa shape index (κ3) is 5.58. The molecule has 0 radical (unpaired) electrons. The zero-order valence-electron chi connectivity index (χ0n) is 12.2. The van der Waals surface area contributed by atoms with E-state index in [0.29, 0.717) is 5.69 Å². The second-order valence-electron chi connectivity index (χ2n) is 4.54. The fourth-order valence-electron chi connectivity index (χ4n) is 1.70. The van der Waals surface area contributed by atoms with E-state index in [-0.39, 0.29) is 18.8 Å². The van der Waals surface area contributed by atoms with E-state index in [1.807, 2.05) is 30.3 Å². The van der Waals surface area contributed by atoms with Crippen LogP contribution in [-0.2, 0) is 11.3 Å². The average molecular weight is 313 g/mol. The molecule has 7 heteroatoms. The lowest BCUT2D eigenvalue weighted by Gasteiger charge is -2.05. The topological polar surface area (TPSA) is 94.4 Å². The lowest BCUT2D eigenvalue weighted by atomic mass is 10.2. The van der Waals surface area contributed by atoms with Crippen molar-refractivity contribution in [2.45, 2.75) is 6.61 Å². The van der Waals surface area contributed by atoms with Crippen LogP contribution in [0.5, 0.6) is 0 Å². The van der Waals surface area contributed by atoms with E-state index in [4.69, 9.17) is 4.74 Å². The van der Waals surface area contributed by atoms with Crippen LogP contribution < -0.4 is 5.32 Å². The summed E-state index contributed by atoms with van der Waals surface area (Å²) in [5.74, 6) is 0. The van der Waals surface area contributed by atoms with E-state index in [9.17, 15) is 14.9 Å². The van der Waals surface area contributed by atoms with Crippen molar-refractivity contribution in [3.63, 3.8) is 0 Å². The van der Waals surface area contributed by atoms with Crippen molar-refractivity contribution in [3.05, 3.63) is 76.1 Å². The quantitative estimate of drug-likeness (QED) is 0.653. The third-order valence-corrected chi connectivity index (χ3v) is 2.85. The van der Waals surface area contributed by atoms with Crippen molar-refractivity contribution in [3.8, 4) is 0 Å². The van der Waals surface area contributed by atoms with Gasteiger partial charge in [-0.3, -0.25) is 10.1 Å². The van der Waals surface area contributed by atoms with Gasteiger partial charge in [0.1, 0.15) is 12.8 Å². The number of nitrogens with one attached hydrogen (secondary N) is 1. The molecule has 0 spiro atoms. The van der Waals surface area contributed by atoms with Gasteiger partial charge in [-0.15, -0.1) is 0 Å². The fourth-order valence-corrected chi connectivity index (χ4v) is 1.70. The van der Waals surface area contributed by atoms with E-state index >= 15 is 0 Å². The molecule has 0 aliphatic carbocycles. The predicted octanol–water partition coefficient (Wildman–Crippen LogP) is 2.93. The normalized spacial score (nSPS) is 10.4. The molecule has 0 aliphatic heterocycles. The van der Waals surface area contributed by atoms with Crippen LogP contribution in [0.4, 0.5) is 10.5 Å². The fraction of sp³-hybridized carbons (Fsp3) is 0.125. The third-order valence-electron chi connectivity index (χ3n) is 2.85. The SMILES string of the molecule is O=C(NCC=Cc1ccc([N+](=O)[O-])cn1)OCc1ccccc1. The second kappa shape index (κ2) is 8.28. The van der Waals surface area contributed by atoms with Gasteiger partial charge in [0.05, 0.1) is 10.6 Å². The van der Waals surface area contributed by atoms with Gasteiger partial charge in [0, 0.05) is 12.6 Å². The highest BCUT2D eigenvalue weighted by Gasteiger charge is 2.03. The first-order valence-electron chi connectivity index (χ1n) is 6.86. The van der Waals surface area contributed by atoms with E-state index in [1.54, 1.807) is 12.2 Å². The van der Waals surface area contributed by atoms with Crippen molar-refractivity contribution >= 4 is 17.9 Å². The minimum absolute atomic E-state index is 0.0650. The lowest BCUT2D eigenvalue weighted by Crippen LogP contribution is -2.24. The smallest absolute Gasteiger partial charge is 0.407 e. The summed E-state index contributed by atoms with van der Waals surface area (Å²) in [6.45, 7) is 0.479. The van der Waals surface area contributed by atoms with E-state index in [2.05, 4.69) is 10.3 Å². The summed E-state index contributed by atoms with van der Waals surface area (Å²) in [5, 5.41) is 13.1. The maximum atomic E-state index is 11.5. The van der Waals surface area contributed by atoms with Crippen LogP contribution in [0.3, 0.4) is 0 Å². The summed E-state index contributed by atoms with van der Waals surface area (Å²) in [4.78, 5) is 25.4. The van der Waals surface area contributed by atoms with E-state index in [1.165, 1.54) is 18.3 Å². The Kier molecular flexibility index (Phi) is 5.81. The Morgan fingerprint density at radius 3 is 2.70 bits per heavy atom. The summed E-state index contributed by atoms with van der Waals surface area (Å²) in [6.07, 6.45) is 4.00. The molecule has 0 bridgehead atoms. The molecule has 0 saturated heterocycles. The maximum absolute atomic E-state index is 11.5. The summed E-state index contributed by atoms with van der Waals surface area (Å²) in [7, 11) is 0. The van der Waals surface area contributed by atoms with Crippen molar-refractivity contribution in [1.29, 1.82) is 0 Å². The Hall–Kier alpha value is -3.22. The first-order chi connectivity index (χ1) is 11.1. The molecule has 0 unspecified atom stereocenters. The lowest BCUT2D eigenvalue weighted by molar-refractivity contribution is -0.385. The zero-order chi connectivity index (χ0) is 16.5. The van der Waals surface area contributed by atoms with Crippen molar-refractivity contribution < 1.29 is 14.5 Å². The molecule has 2 aromatic rings. The molecule has 23 heavy (non-hydrogen) atoms.